The maximum absolute atomic E-state index is 13.8. The number of rotatable bonds is 4. The fourth-order valence-electron chi connectivity index (χ4n) is 3.27. The van der Waals surface area contributed by atoms with E-state index in [1.165, 1.54) is 6.07 Å². The Balaban J connectivity index is 1.78. The number of benzene rings is 1. The molecule has 1 atom stereocenters. The Morgan fingerprint density at radius 1 is 1.22 bits per heavy atom. The van der Waals surface area contributed by atoms with Crippen LogP contribution in [0.4, 0.5) is 8.78 Å². The van der Waals surface area contributed by atoms with E-state index in [4.69, 9.17) is 0 Å². The predicted octanol–water partition coefficient (Wildman–Crippen LogP) is 3.19. The first-order chi connectivity index (χ1) is 11.0. The summed E-state index contributed by atoms with van der Waals surface area (Å²) in [6.07, 6.45) is 3.11. The number of piperidine rings is 1. The Bertz CT molecular complexity index is 663. The molecule has 1 unspecified atom stereocenters. The van der Waals surface area contributed by atoms with Crippen molar-refractivity contribution in [1.29, 1.82) is 0 Å². The molecule has 3 nitrogen and oxygen atoms in total. The molecule has 3 rings (SSSR count). The minimum atomic E-state index is -0.574. The van der Waals surface area contributed by atoms with Crippen LogP contribution in [-0.2, 0) is 6.54 Å². The van der Waals surface area contributed by atoms with Crippen LogP contribution in [0.15, 0.2) is 36.5 Å². The zero-order valence-electron chi connectivity index (χ0n) is 13.3. The normalized spacial score (nSPS) is 18.3. The molecule has 124 valence electrons. The van der Waals surface area contributed by atoms with Gasteiger partial charge in [0.1, 0.15) is 11.6 Å². The zero-order valence-corrected chi connectivity index (χ0v) is 13.3. The number of hydrogen-bond donors (Lipinski definition) is 1. The van der Waals surface area contributed by atoms with Crippen molar-refractivity contribution in [1.82, 2.24) is 9.47 Å². The van der Waals surface area contributed by atoms with Crippen LogP contribution in [0.1, 0.15) is 30.2 Å². The van der Waals surface area contributed by atoms with Crippen LogP contribution in [0.5, 0.6) is 0 Å². The van der Waals surface area contributed by atoms with Crippen molar-refractivity contribution in [2.24, 2.45) is 5.92 Å². The molecule has 1 fully saturated rings. The highest BCUT2D eigenvalue weighted by molar-refractivity contribution is 5.21. The lowest BCUT2D eigenvalue weighted by molar-refractivity contribution is 0.0602. The van der Waals surface area contributed by atoms with Gasteiger partial charge in [-0.1, -0.05) is 0 Å². The van der Waals surface area contributed by atoms with Crippen LogP contribution in [0.3, 0.4) is 0 Å². The van der Waals surface area contributed by atoms with E-state index >= 15 is 0 Å². The van der Waals surface area contributed by atoms with E-state index in [0.29, 0.717) is 0 Å². The Hall–Kier alpha value is -1.72. The van der Waals surface area contributed by atoms with Crippen LogP contribution in [0, 0.1) is 17.6 Å². The van der Waals surface area contributed by atoms with Crippen LogP contribution < -0.4 is 0 Å². The standard InChI is InChI=1S/C18H22F2N2O/c1-21-9-6-13(7-10-21)18(23)17-3-2-8-22(17)12-14-11-15(19)4-5-16(14)20/h2-5,8,11,13,18,23H,6-7,9-10,12H2,1H3. The monoisotopic (exact) mass is 320 g/mol. The molecule has 1 aliphatic heterocycles. The van der Waals surface area contributed by atoms with Crippen LogP contribution >= 0.6 is 0 Å². The van der Waals surface area contributed by atoms with Gasteiger partial charge in [-0.25, -0.2) is 8.78 Å². The van der Waals surface area contributed by atoms with Crippen molar-refractivity contribution in [3.05, 3.63) is 59.4 Å². The van der Waals surface area contributed by atoms with E-state index in [-0.39, 0.29) is 18.0 Å². The number of aliphatic hydroxyl groups excluding tert-OH is 1. The average molecular weight is 320 g/mol. The lowest BCUT2D eigenvalue weighted by Crippen LogP contribution is -2.33. The number of hydrogen-bond acceptors (Lipinski definition) is 2. The molecule has 5 heteroatoms. The van der Waals surface area contributed by atoms with Crippen molar-refractivity contribution in [3.63, 3.8) is 0 Å². The molecule has 0 aliphatic carbocycles. The second-order valence-corrected chi connectivity index (χ2v) is 6.38. The number of aliphatic hydroxyl groups is 1. The molecule has 0 bridgehead atoms. The summed E-state index contributed by atoms with van der Waals surface area (Å²) in [5.41, 5.74) is 1.06. The first-order valence-electron chi connectivity index (χ1n) is 8.00. The fourth-order valence-corrected chi connectivity index (χ4v) is 3.27. The molecule has 0 saturated carbocycles. The van der Waals surface area contributed by atoms with Gasteiger partial charge in [-0.3, -0.25) is 0 Å². The largest absolute Gasteiger partial charge is 0.387 e. The molecule has 2 aromatic rings. The van der Waals surface area contributed by atoms with Crippen LogP contribution in [-0.4, -0.2) is 34.7 Å². The first-order valence-corrected chi connectivity index (χ1v) is 8.00. The number of nitrogens with zero attached hydrogens (tertiary/aromatic N) is 2. The van der Waals surface area contributed by atoms with Crippen LogP contribution in [0.25, 0.3) is 0 Å². The van der Waals surface area contributed by atoms with Crippen LogP contribution in [0.2, 0.25) is 0 Å². The first kappa shape index (κ1) is 16.1. The highest BCUT2D eigenvalue weighted by Crippen LogP contribution is 2.31. The summed E-state index contributed by atoms with van der Waals surface area (Å²) in [5.74, 6) is -0.678. The molecule has 23 heavy (non-hydrogen) atoms. The molecule has 1 saturated heterocycles. The SMILES string of the molecule is CN1CCC(C(O)c2cccn2Cc2cc(F)ccc2F)CC1. The highest BCUT2D eigenvalue weighted by Gasteiger charge is 2.26. The fraction of sp³-hybridized carbons (Fsp3) is 0.444. The predicted molar refractivity (Wildman–Crippen MR) is 85.1 cm³/mol. The van der Waals surface area contributed by atoms with Gasteiger partial charge in [-0.05, 0) is 69.2 Å². The Kier molecular flexibility index (Phi) is 4.78. The van der Waals surface area contributed by atoms with Gasteiger partial charge < -0.3 is 14.6 Å². The lowest BCUT2D eigenvalue weighted by atomic mass is 9.90. The summed E-state index contributed by atoms with van der Waals surface area (Å²) < 4.78 is 29.0. The minimum Gasteiger partial charge on any atom is -0.387 e. The Morgan fingerprint density at radius 2 is 1.96 bits per heavy atom. The molecule has 0 spiro atoms. The average Bonchev–Trinajstić information content (AvgIpc) is 2.99. The Morgan fingerprint density at radius 3 is 2.70 bits per heavy atom. The molecular formula is C18H22F2N2O. The minimum absolute atomic E-state index is 0.206. The summed E-state index contributed by atoms with van der Waals surface area (Å²) in [5, 5.41) is 10.7. The quantitative estimate of drug-likeness (QED) is 0.937. The molecule has 1 N–H and O–H groups in total. The van der Waals surface area contributed by atoms with E-state index in [1.807, 2.05) is 12.1 Å². The van der Waals surface area contributed by atoms with Gasteiger partial charge in [0, 0.05) is 17.5 Å². The van der Waals surface area contributed by atoms with E-state index in [1.54, 1.807) is 10.8 Å². The molecule has 1 aromatic heterocycles. The van der Waals surface area contributed by atoms with Crippen molar-refractivity contribution in [2.75, 3.05) is 20.1 Å². The molecule has 2 heterocycles. The highest BCUT2D eigenvalue weighted by atomic mass is 19.1. The topological polar surface area (TPSA) is 28.4 Å². The molecule has 1 aromatic carbocycles. The number of halogens is 2. The smallest absolute Gasteiger partial charge is 0.128 e. The molecule has 1 aliphatic rings. The zero-order chi connectivity index (χ0) is 16.4. The third kappa shape index (κ3) is 3.62. The third-order valence-electron chi connectivity index (χ3n) is 4.73. The summed E-state index contributed by atoms with van der Waals surface area (Å²) in [6, 6.07) is 7.16. The Labute approximate surface area is 135 Å². The number of likely N-dealkylation sites (tertiary alicyclic amines) is 1. The van der Waals surface area contributed by atoms with Crippen molar-refractivity contribution < 1.29 is 13.9 Å². The van der Waals surface area contributed by atoms with Gasteiger partial charge in [0.05, 0.1) is 12.6 Å². The van der Waals surface area contributed by atoms with Gasteiger partial charge in [0.25, 0.3) is 0 Å². The van der Waals surface area contributed by atoms with Crippen molar-refractivity contribution in [2.45, 2.75) is 25.5 Å². The van der Waals surface area contributed by atoms with E-state index in [2.05, 4.69) is 11.9 Å². The van der Waals surface area contributed by atoms with E-state index in [0.717, 1.165) is 43.8 Å². The van der Waals surface area contributed by atoms with E-state index in [9.17, 15) is 13.9 Å². The third-order valence-corrected chi connectivity index (χ3v) is 4.73. The summed E-state index contributed by atoms with van der Waals surface area (Å²) in [4.78, 5) is 2.25. The summed E-state index contributed by atoms with van der Waals surface area (Å²) in [6.45, 7) is 2.16. The second-order valence-electron chi connectivity index (χ2n) is 6.38. The van der Waals surface area contributed by atoms with Gasteiger partial charge in [-0.15, -0.1) is 0 Å². The lowest BCUT2D eigenvalue weighted by Gasteiger charge is -2.32. The molecular weight excluding hydrogens is 298 g/mol. The van der Waals surface area contributed by atoms with Gasteiger partial charge >= 0.3 is 0 Å². The van der Waals surface area contributed by atoms with Gasteiger partial charge in [0.2, 0.25) is 0 Å². The second kappa shape index (κ2) is 6.81. The van der Waals surface area contributed by atoms with Crippen molar-refractivity contribution >= 4 is 0 Å². The number of aromatic nitrogens is 1. The maximum atomic E-state index is 13.8. The van der Waals surface area contributed by atoms with Gasteiger partial charge in [0.15, 0.2) is 0 Å². The summed E-state index contributed by atoms with van der Waals surface area (Å²) >= 11 is 0. The molecule has 0 radical (unpaired) electrons. The molecule has 0 amide bonds. The van der Waals surface area contributed by atoms with Crippen molar-refractivity contribution in [3.8, 4) is 0 Å². The van der Waals surface area contributed by atoms with E-state index < -0.39 is 17.7 Å². The maximum Gasteiger partial charge on any atom is 0.128 e. The van der Waals surface area contributed by atoms with Gasteiger partial charge in [-0.2, -0.15) is 0 Å². The summed E-state index contributed by atoms with van der Waals surface area (Å²) in [7, 11) is 2.08.